The third-order valence-electron chi connectivity index (χ3n) is 7.20. The number of morpholine rings is 1. The van der Waals surface area contributed by atoms with E-state index < -0.39 is 0 Å². The molecule has 0 amide bonds. The summed E-state index contributed by atoms with van der Waals surface area (Å²) in [5, 5.41) is 16.4. The second-order valence-electron chi connectivity index (χ2n) is 9.39. The van der Waals surface area contributed by atoms with Crippen LogP contribution in [0.3, 0.4) is 0 Å². The van der Waals surface area contributed by atoms with Crippen molar-refractivity contribution in [2.75, 3.05) is 48.4 Å². The number of nitrogens with two attached hydrogens (primary N) is 1. The van der Waals surface area contributed by atoms with Gasteiger partial charge in [0, 0.05) is 54.2 Å². The van der Waals surface area contributed by atoms with Crippen LogP contribution in [0.2, 0.25) is 0 Å². The van der Waals surface area contributed by atoms with Gasteiger partial charge < -0.3 is 20.3 Å². The standard InChI is InChI=1S/C25H27N7O/c26-18-13-17-15-31(8-7-19(17)22(14-18)30-9-11-33-12-10-30)25-21-4-2-1-3-20(21)24-28-27-23(16-5-6-16)32(24)29-25/h1-4,13-14,16H,5-12,15,26H2. The third kappa shape index (κ3) is 3.12. The molecular formula is C25H27N7O. The highest BCUT2D eigenvalue weighted by Crippen LogP contribution is 2.40. The molecule has 2 aliphatic heterocycles. The number of rotatable bonds is 3. The molecule has 1 aliphatic carbocycles. The molecule has 2 aromatic heterocycles. The lowest BCUT2D eigenvalue weighted by molar-refractivity contribution is 0.122. The first-order valence-corrected chi connectivity index (χ1v) is 11.9. The molecule has 2 fully saturated rings. The zero-order chi connectivity index (χ0) is 21.9. The van der Waals surface area contributed by atoms with Crippen molar-refractivity contribution in [3.05, 3.63) is 53.3 Å². The molecule has 4 heterocycles. The molecule has 0 unspecified atom stereocenters. The lowest BCUT2D eigenvalue weighted by Crippen LogP contribution is -2.38. The summed E-state index contributed by atoms with van der Waals surface area (Å²) >= 11 is 0. The Morgan fingerprint density at radius 1 is 0.939 bits per heavy atom. The SMILES string of the molecule is Nc1cc2c(c(N3CCOCC3)c1)CCN(c1nn3c(C4CC4)nnc3c3ccccc13)C2. The first-order valence-electron chi connectivity index (χ1n) is 11.9. The quantitative estimate of drug-likeness (QED) is 0.489. The first kappa shape index (κ1) is 19.1. The predicted octanol–water partition coefficient (Wildman–Crippen LogP) is 3.14. The van der Waals surface area contributed by atoms with Gasteiger partial charge in [-0.3, -0.25) is 0 Å². The molecule has 0 bridgehead atoms. The average Bonchev–Trinajstić information content (AvgIpc) is 3.61. The van der Waals surface area contributed by atoms with Gasteiger partial charge in [0.1, 0.15) is 0 Å². The Balaban J connectivity index is 1.33. The van der Waals surface area contributed by atoms with E-state index in [4.69, 9.17) is 15.6 Å². The van der Waals surface area contributed by atoms with Crippen molar-refractivity contribution in [2.24, 2.45) is 0 Å². The molecule has 33 heavy (non-hydrogen) atoms. The summed E-state index contributed by atoms with van der Waals surface area (Å²) in [4.78, 5) is 4.82. The van der Waals surface area contributed by atoms with Crippen molar-refractivity contribution in [1.29, 1.82) is 0 Å². The molecule has 8 nitrogen and oxygen atoms in total. The summed E-state index contributed by atoms with van der Waals surface area (Å²) in [5.41, 5.74) is 12.0. The molecule has 168 valence electrons. The summed E-state index contributed by atoms with van der Waals surface area (Å²) in [6, 6.07) is 12.7. The topological polar surface area (TPSA) is 84.8 Å². The molecule has 7 rings (SSSR count). The van der Waals surface area contributed by atoms with Crippen LogP contribution in [-0.4, -0.2) is 52.7 Å². The maximum absolute atomic E-state index is 6.37. The van der Waals surface area contributed by atoms with Gasteiger partial charge in [-0.1, -0.05) is 24.3 Å². The normalized spacial score (nSPS) is 18.8. The van der Waals surface area contributed by atoms with E-state index in [-0.39, 0.29) is 0 Å². The Morgan fingerprint density at radius 2 is 1.76 bits per heavy atom. The van der Waals surface area contributed by atoms with Crippen LogP contribution in [-0.2, 0) is 17.7 Å². The highest BCUT2D eigenvalue weighted by molar-refractivity contribution is 6.00. The average molecular weight is 442 g/mol. The Hall–Kier alpha value is -3.39. The van der Waals surface area contributed by atoms with Crippen molar-refractivity contribution in [3.8, 4) is 0 Å². The molecule has 0 radical (unpaired) electrons. The van der Waals surface area contributed by atoms with E-state index in [0.717, 1.165) is 79.6 Å². The molecule has 1 saturated heterocycles. The third-order valence-corrected chi connectivity index (χ3v) is 7.20. The van der Waals surface area contributed by atoms with Gasteiger partial charge in [-0.05, 0) is 42.5 Å². The number of aromatic nitrogens is 4. The molecule has 3 aliphatic rings. The molecular weight excluding hydrogens is 414 g/mol. The van der Waals surface area contributed by atoms with E-state index in [0.29, 0.717) is 5.92 Å². The van der Waals surface area contributed by atoms with E-state index in [2.05, 4.69) is 56.4 Å². The largest absolute Gasteiger partial charge is 0.399 e. The van der Waals surface area contributed by atoms with E-state index in [9.17, 15) is 0 Å². The smallest absolute Gasteiger partial charge is 0.185 e. The van der Waals surface area contributed by atoms with Gasteiger partial charge in [0.05, 0.1) is 13.2 Å². The Kier molecular flexibility index (Phi) is 4.24. The highest BCUT2D eigenvalue weighted by atomic mass is 16.5. The number of hydrogen-bond donors (Lipinski definition) is 1. The van der Waals surface area contributed by atoms with Crippen LogP contribution in [0.1, 0.15) is 35.7 Å². The van der Waals surface area contributed by atoms with E-state index in [1.807, 2.05) is 4.52 Å². The van der Waals surface area contributed by atoms with Crippen molar-refractivity contribution < 1.29 is 4.74 Å². The summed E-state index contributed by atoms with van der Waals surface area (Å²) in [5.74, 6) is 2.48. The molecule has 8 heteroatoms. The van der Waals surface area contributed by atoms with E-state index >= 15 is 0 Å². The molecule has 2 N–H and O–H groups in total. The van der Waals surface area contributed by atoms with E-state index in [1.54, 1.807) is 0 Å². The van der Waals surface area contributed by atoms with Crippen molar-refractivity contribution in [1.82, 2.24) is 19.8 Å². The van der Waals surface area contributed by atoms with Crippen LogP contribution in [0, 0.1) is 0 Å². The number of nitrogens with zero attached hydrogens (tertiary/aromatic N) is 6. The van der Waals surface area contributed by atoms with Gasteiger partial charge in [0.15, 0.2) is 17.3 Å². The van der Waals surface area contributed by atoms with Crippen LogP contribution in [0.4, 0.5) is 17.2 Å². The Labute approximate surface area is 191 Å². The van der Waals surface area contributed by atoms with Gasteiger partial charge in [0.25, 0.3) is 0 Å². The molecule has 0 spiro atoms. The van der Waals surface area contributed by atoms with Crippen LogP contribution < -0.4 is 15.5 Å². The maximum atomic E-state index is 6.37. The van der Waals surface area contributed by atoms with Crippen LogP contribution in [0.25, 0.3) is 16.4 Å². The summed E-state index contributed by atoms with van der Waals surface area (Å²) in [6.07, 6.45) is 3.31. The number of anilines is 3. The Bertz CT molecular complexity index is 1370. The Morgan fingerprint density at radius 3 is 2.58 bits per heavy atom. The van der Waals surface area contributed by atoms with Gasteiger partial charge >= 0.3 is 0 Å². The van der Waals surface area contributed by atoms with Crippen molar-refractivity contribution >= 4 is 33.6 Å². The van der Waals surface area contributed by atoms with Gasteiger partial charge in [-0.25, -0.2) is 0 Å². The number of benzene rings is 2. The number of fused-ring (bicyclic) bond motifs is 4. The zero-order valence-electron chi connectivity index (χ0n) is 18.6. The van der Waals surface area contributed by atoms with E-state index in [1.165, 1.54) is 29.7 Å². The lowest BCUT2D eigenvalue weighted by atomic mass is 9.95. The second kappa shape index (κ2) is 7.31. The lowest BCUT2D eigenvalue weighted by Gasteiger charge is -2.36. The van der Waals surface area contributed by atoms with Gasteiger partial charge in [-0.15, -0.1) is 15.3 Å². The molecule has 4 aromatic rings. The number of ether oxygens (including phenoxy) is 1. The van der Waals surface area contributed by atoms with Crippen LogP contribution in [0.15, 0.2) is 36.4 Å². The summed E-state index contributed by atoms with van der Waals surface area (Å²) in [6.45, 7) is 5.08. The number of nitrogen functional groups attached to an aromatic ring is 1. The van der Waals surface area contributed by atoms with Crippen molar-refractivity contribution in [3.63, 3.8) is 0 Å². The molecule has 1 saturated carbocycles. The first-order chi connectivity index (χ1) is 16.3. The fourth-order valence-electron chi connectivity index (χ4n) is 5.38. The fourth-order valence-corrected chi connectivity index (χ4v) is 5.38. The molecule has 2 aromatic carbocycles. The second-order valence-corrected chi connectivity index (χ2v) is 9.39. The minimum absolute atomic E-state index is 0.486. The monoisotopic (exact) mass is 441 g/mol. The summed E-state index contributed by atoms with van der Waals surface area (Å²) in [7, 11) is 0. The minimum Gasteiger partial charge on any atom is -0.399 e. The highest BCUT2D eigenvalue weighted by Gasteiger charge is 2.31. The number of hydrogen-bond acceptors (Lipinski definition) is 7. The van der Waals surface area contributed by atoms with Crippen molar-refractivity contribution in [2.45, 2.75) is 31.7 Å². The van der Waals surface area contributed by atoms with Gasteiger partial charge in [0.2, 0.25) is 0 Å². The summed E-state index contributed by atoms with van der Waals surface area (Å²) < 4.78 is 7.56. The fraction of sp³-hybridized carbons (Fsp3) is 0.400. The minimum atomic E-state index is 0.486. The van der Waals surface area contributed by atoms with Gasteiger partial charge in [-0.2, -0.15) is 4.52 Å². The predicted molar refractivity (Wildman–Crippen MR) is 129 cm³/mol. The maximum Gasteiger partial charge on any atom is 0.185 e. The van der Waals surface area contributed by atoms with Crippen LogP contribution >= 0.6 is 0 Å². The zero-order valence-corrected chi connectivity index (χ0v) is 18.6. The molecule has 0 atom stereocenters. The van der Waals surface area contributed by atoms with Crippen LogP contribution in [0.5, 0.6) is 0 Å².